The number of rotatable bonds is 3. The number of anilines is 1. The minimum absolute atomic E-state index is 0.0987. The van der Waals surface area contributed by atoms with Crippen LogP contribution in [0, 0.1) is 0 Å². The van der Waals surface area contributed by atoms with Crippen LogP contribution in [0.1, 0.15) is 16.1 Å². The van der Waals surface area contributed by atoms with E-state index in [1.807, 2.05) is 0 Å². The lowest BCUT2D eigenvalue weighted by molar-refractivity contribution is 0.0467. The van der Waals surface area contributed by atoms with Crippen molar-refractivity contribution in [3.05, 3.63) is 41.7 Å². The van der Waals surface area contributed by atoms with E-state index in [4.69, 9.17) is 10.5 Å². The van der Waals surface area contributed by atoms with E-state index in [0.717, 1.165) is 0 Å². The molecule has 0 aliphatic heterocycles. The van der Waals surface area contributed by atoms with Crippen LogP contribution < -0.4 is 5.73 Å². The molecule has 0 atom stereocenters. The van der Waals surface area contributed by atoms with E-state index in [1.165, 1.54) is 0 Å². The average molecular weight is 232 g/mol. The zero-order chi connectivity index (χ0) is 12.3. The third-order valence-electron chi connectivity index (χ3n) is 2.12. The van der Waals surface area contributed by atoms with Crippen molar-refractivity contribution in [2.24, 2.45) is 7.05 Å². The number of ether oxygens (including phenoxy) is 1. The Morgan fingerprint density at radius 1 is 1.53 bits per heavy atom. The molecule has 0 aliphatic carbocycles. The fourth-order valence-electron chi connectivity index (χ4n) is 1.35. The summed E-state index contributed by atoms with van der Waals surface area (Å²) >= 11 is 0. The first-order valence-corrected chi connectivity index (χ1v) is 5.03. The molecule has 6 heteroatoms. The van der Waals surface area contributed by atoms with Gasteiger partial charge in [-0.1, -0.05) is 11.3 Å². The van der Waals surface area contributed by atoms with Crippen LogP contribution in [0.5, 0.6) is 0 Å². The number of hydrogen-bond acceptors (Lipinski definition) is 5. The summed E-state index contributed by atoms with van der Waals surface area (Å²) in [4.78, 5) is 11.6. The highest BCUT2D eigenvalue weighted by Gasteiger charge is 2.08. The van der Waals surface area contributed by atoms with Gasteiger partial charge in [0.25, 0.3) is 0 Å². The molecule has 2 rings (SSSR count). The summed E-state index contributed by atoms with van der Waals surface area (Å²) in [6.07, 6.45) is 1.69. The van der Waals surface area contributed by atoms with Gasteiger partial charge in [0.2, 0.25) is 0 Å². The molecule has 1 heterocycles. The SMILES string of the molecule is Cn1cc(COC(=O)c2cccc(N)c2)nn1. The zero-order valence-corrected chi connectivity index (χ0v) is 9.33. The summed E-state index contributed by atoms with van der Waals surface area (Å²) in [7, 11) is 1.75. The molecule has 0 amide bonds. The first kappa shape index (κ1) is 11.1. The summed E-state index contributed by atoms with van der Waals surface area (Å²) < 4.78 is 6.62. The van der Waals surface area contributed by atoms with Crippen molar-refractivity contribution in [2.45, 2.75) is 6.61 Å². The van der Waals surface area contributed by atoms with E-state index in [2.05, 4.69) is 10.3 Å². The first-order valence-electron chi connectivity index (χ1n) is 5.03. The van der Waals surface area contributed by atoms with Crippen LogP contribution in [0.15, 0.2) is 30.5 Å². The number of aromatic nitrogens is 3. The number of carbonyl (C=O) groups excluding carboxylic acids is 1. The van der Waals surface area contributed by atoms with Gasteiger partial charge in [-0.2, -0.15) is 0 Å². The van der Waals surface area contributed by atoms with Crippen molar-refractivity contribution in [1.29, 1.82) is 0 Å². The molecule has 0 unspecified atom stereocenters. The summed E-state index contributed by atoms with van der Waals surface area (Å²) in [6.45, 7) is 0.0987. The highest BCUT2D eigenvalue weighted by atomic mass is 16.5. The molecule has 6 nitrogen and oxygen atoms in total. The van der Waals surface area contributed by atoms with Gasteiger partial charge in [-0.05, 0) is 18.2 Å². The molecule has 0 radical (unpaired) electrons. The second-order valence-electron chi connectivity index (χ2n) is 3.59. The van der Waals surface area contributed by atoms with E-state index in [0.29, 0.717) is 16.9 Å². The topological polar surface area (TPSA) is 83.0 Å². The van der Waals surface area contributed by atoms with Crippen LogP contribution in [0.4, 0.5) is 5.69 Å². The predicted octanol–water partition coefficient (Wildman–Crippen LogP) is 0.754. The predicted molar refractivity (Wildman–Crippen MR) is 61.0 cm³/mol. The molecule has 0 bridgehead atoms. The van der Waals surface area contributed by atoms with Crippen LogP contribution in [0.3, 0.4) is 0 Å². The lowest BCUT2D eigenvalue weighted by atomic mass is 10.2. The number of esters is 1. The van der Waals surface area contributed by atoms with Crippen LogP contribution in [-0.4, -0.2) is 21.0 Å². The zero-order valence-electron chi connectivity index (χ0n) is 9.33. The van der Waals surface area contributed by atoms with Gasteiger partial charge < -0.3 is 10.5 Å². The number of hydrogen-bond donors (Lipinski definition) is 1. The van der Waals surface area contributed by atoms with Gasteiger partial charge in [-0.15, -0.1) is 5.10 Å². The van der Waals surface area contributed by atoms with E-state index in [1.54, 1.807) is 42.2 Å². The molecule has 2 N–H and O–H groups in total. The van der Waals surface area contributed by atoms with Crippen molar-refractivity contribution < 1.29 is 9.53 Å². The minimum Gasteiger partial charge on any atom is -0.455 e. The Kier molecular flexibility index (Phi) is 3.04. The van der Waals surface area contributed by atoms with Crippen LogP contribution in [0.2, 0.25) is 0 Å². The average Bonchev–Trinajstić information content (AvgIpc) is 2.72. The second kappa shape index (κ2) is 4.65. The first-order chi connectivity index (χ1) is 8.15. The summed E-state index contributed by atoms with van der Waals surface area (Å²) in [6, 6.07) is 6.63. The molecule has 2 aromatic rings. The molecule has 1 aromatic heterocycles. The Balaban J connectivity index is 1.98. The van der Waals surface area contributed by atoms with Gasteiger partial charge in [0.15, 0.2) is 0 Å². The van der Waals surface area contributed by atoms with Gasteiger partial charge >= 0.3 is 5.97 Å². The molecule has 0 spiro atoms. The van der Waals surface area contributed by atoms with Crippen molar-refractivity contribution in [2.75, 3.05) is 5.73 Å². The van der Waals surface area contributed by atoms with Crippen molar-refractivity contribution >= 4 is 11.7 Å². The van der Waals surface area contributed by atoms with E-state index < -0.39 is 5.97 Å². The largest absolute Gasteiger partial charge is 0.455 e. The summed E-state index contributed by atoms with van der Waals surface area (Å²) in [5.41, 5.74) is 7.13. The minimum atomic E-state index is -0.428. The molecule has 0 saturated heterocycles. The fourth-order valence-corrected chi connectivity index (χ4v) is 1.35. The second-order valence-corrected chi connectivity index (χ2v) is 3.59. The Labute approximate surface area is 98.0 Å². The summed E-state index contributed by atoms with van der Waals surface area (Å²) in [5.74, 6) is -0.428. The molecule has 88 valence electrons. The van der Waals surface area contributed by atoms with Crippen molar-refractivity contribution in [3.8, 4) is 0 Å². The van der Waals surface area contributed by atoms with Crippen LogP contribution in [-0.2, 0) is 18.4 Å². The van der Waals surface area contributed by atoms with Crippen LogP contribution in [0.25, 0.3) is 0 Å². The molecule has 0 fully saturated rings. The maximum Gasteiger partial charge on any atom is 0.338 e. The van der Waals surface area contributed by atoms with E-state index >= 15 is 0 Å². The number of nitrogen functional groups attached to an aromatic ring is 1. The highest BCUT2D eigenvalue weighted by Crippen LogP contribution is 2.08. The Bertz CT molecular complexity index is 536. The number of benzene rings is 1. The Morgan fingerprint density at radius 2 is 2.35 bits per heavy atom. The quantitative estimate of drug-likeness (QED) is 0.623. The number of carbonyl (C=O) groups is 1. The monoisotopic (exact) mass is 232 g/mol. The molecular formula is C11H12N4O2. The fraction of sp³-hybridized carbons (Fsp3) is 0.182. The molecule has 17 heavy (non-hydrogen) atoms. The van der Waals surface area contributed by atoms with E-state index in [9.17, 15) is 4.79 Å². The van der Waals surface area contributed by atoms with Gasteiger partial charge in [-0.25, -0.2) is 4.79 Å². The summed E-state index contributed by atoms with van der Waals surface area (Å²) in [5, 5.41) is 7.55. The van der Waals surface area contributed by atoms with Gasteiger partial charge in [0, 0.05) is 12.7 Å². The third kappa shape index (κ3) is 2.81. The Morgan fingerprint density at radius 3 is 3.00 bits per heavy atom. The lowest BCUT2D eigenvalue weighted by Crippen LogP contribution is -2.05. The third-order valence-corrected chi connectivity index (χ3v) is 2.12. The van der Waals surface area contributed by atoms with Crippen molar-refractivity contribution in [1.82, 2.24) is 15.0 Å². The number of nitrogens with zero attached hydrogens (tertiary/aromatic N) is 3. The number of nitrogens with two attached hydrogens (primary N) is 1. The standard InChI is InChI=1S/C11H12N4O2/c1-15-6-10(13-14-15)7-17-11(16)8-3-2-4-9(12)5-8/h2-6H,7,12H2,1H3. The van der Waals surface area contributed by atoms with Crippen LogP contribution >= 0.6 is 0 Å². The molecule has 0 saturated carbocycles. The highest BCUT2D eigenvalue weighted by molar-refractivity contribution is 5.90. The van der Waals surface area contributed by atoms with Crippen molar-refractivity contribution in [3.63, 3.8) is 0 Å². The molecular weight excluding hydrogens is 220 g/mol. The number of aryl methyl sites for hydroxylation is 1. The maximum atomic E-state index is 11.6. The molecule has 1 aromatic carbocycles. The smallest absolute Gasteiger partial charge is 0.338 e. The lowest BCUT2D eigenvalue weighted by Gasteiger charge is -2.02. The van der Waals surface area contributed by atoms with E-state index in [-0.39, 0.29) is 6.61 Å². The normalized spacial score (nSPS) is 10.2. The molecule has 0 aliphatic rings. The van der Waals surface area contributed by atoms with Gasteiger partial charge in [-0.3, -0.25) is 4.68 Å². The Hall–Kier alpha value is -2.37. The van der Waals surface area contributed by atoms with Gasteiger partial charge in [0.1, 0.15) is 12.3 Å². The van der Waals surface area contributed by atoms with Gasteiger partial charge in [0.05, 0.1) is 11.8 Å². The maximum absolute atomic E-state index is 11.6.